The number of nitrogens with two attached hydrogens (primary N) is 2. The first kappa shape index (κ1) is 13.6. The molecule has 0 aromatic carbocycles. The highest BCUT2D eigenvalue weighted by molar-refractivity contribution is 7.99. The Bertz CT molecular complexity index is 539. The molecule has 7 nitrogen and oxygen atoms in total. The predicted molar refractivity (Wildman–Crippen MR) is 76.9 cm³/mol. The summed E-state index contributed by atoms with van der Waals surface area (Å²) < 4.78 is 0. The minimum Gasteiger partial charge on any atom is -0.383 e. The molecule has 2 rings (SSSR count). The number of amides is 1. The average Bonchev–Trinajstić information content (AvgIpc) is 2.80. The number of aromatic nitrogens is 3. The Kier molecular flexibility index (Phi) is 4.53. The summed E-state index contributed by atoms with van der Waals surface area (Å²) in [5.41, 5.74) is 11.1. The summed E-state index contributed by atoms with van der Waals surface area (Å²) in [6.45, 7) is 0. The van der Waals surface area contributed by atoms with Crippen LogP contribution in [0.4, 0.5) is 16.8 Å². The Labute approximate surface area is 117 Å². The van der Waals surface area contributed by atoms with Crippen molar-refractivity contribution in [2.45, 2.75) is 11.6 Å². The van der Waals surface area contributed by atoms with Crippen LogP contribution in [-0.4, -0.2) is 26.6 Å². The van der Waals surface area contributed by atoms with Crippen LogP contribution in [0.5, 0.6) is 0 Å². The summed E-state index contributed by atoms with van der Waals surface area (Å²) in [7, 11) is 0. The maximum absolute atomic E-state index is 11.6. The number of nitrogen functional groups attached to an aromatic ring is 2. The van der Waals surface area contributed by atoms with E-state index in [9.17, 15) is 4.79 Å². The van der Waals surface area contributed by atoms with Gasteiger partial charge < -0.3 is 16.8 Å². The van der Waals surface area contributed by atoms with Gasteiger partial charge >= 0.3 is 0 Å². The molecule has 1 amide bonds. The topological polar surface area (TPSA) is 120 Å². The van der Waals surface area contributed by atoms with Crippen LogP contribution in [0.25, 0.3) is 0 Å². The molecular formula is C10H12N6OS2. The van der Waals surface area contributed by atoms with Gasteiger partial charge in [-0.2, -0.15) is 0 Å². The third-order valence-electron chi connectivity index (χ3n) is 1.98. The van der Waals surface area contributed by atoms with Gasteiger partial charge in [-0.3, -0.25) is 4.79 Å². The number of hydrogen-bond acceptors (Lipinski definition) is 8. The molecule has 0 spiro atoms. The first-order chi connectivity index (χ1) is 9.13. The monoisotopic (exact) mass is 296 g/mol. The summed E-state index contributed by atoms with van der Waals surface area (Å²) in [6.07, 6.45) is 1.97. The molecule has 0 aliphatic carbocycles. The van der Waals surface area contributed by atoms with E-state index in [1.807, 2.05) is 0 Å². The summed E-state index contributed by atoms with van der Waals surface area (Å²) in [5.74, 6) is 1.09. The number of thiazole rings is 1. The number of carbonyl (C=O) groups excluding carboxylic acids is 1. The third-order valence-corrected chi connectivity index (χ3v) is 3.52. The fraction of sp³-hybridized carbons (Fsp3) is 0.200. The average molecular weight is 296 g/mol. The van der Waals surface area contributed by atoms with Gasteiger partial charge in [0.25, 0.3) is 0 Å². The van der Waals surface area contributed by atoms with E-state index < -0.39 is 0 Å². The van der Waals surface area contributed by atoms with Crippen molar-refractivity contribution in [3.8, 4) is 0 Å². The lowest BCUT2D eigenvalue weighted by Crippen LogP contribution is -2.12. The van der Waals surface area contributed by atoms with Crippen molar-refractivity contribution < 1.29 is 4.79 Å². The van der Waals surface area contributed by atoms with Crippen molar-refractivity contribution in [3.05, 3.63) is 17.6 Å². The van der Waals surface area contributed by atoms with E-state index in [1.165, 1.54) is 29.2 Å². The van der Waals surface area contributed by atoms with Crippen LogP contribution < -0.4 is 16.8 Å². The number of anilines is 3. The fourth-order valence-electron chi connectivity index (χ4n) is 1.23. The summed E-state index contributed by atoms with van der Waals surface area (Å²) in [6, 6.07) is 1.49. The van der Waals surface area contributed by atoms with Crippen LogP contribution in [-0.2, 0) is 4.79 Å². The van der Waals surface area contributed by atoms with Crippen LogP contribution in [0.1, 0.15) is 6.42 Å². The number of hydrogen-bond donors (Lipinski definition) is 3. The van der Waals surface area contributed by atoms with Crippen LogP contribution in [0.2, 0.25) is 0 Å². The molecule has 9 heteroatoms. The molecule has 0 fully saturated rings. The van der Waals surface area contributed by atoms with Gasteiger partial charge in [-0.1, -0.05) is 11.8 Å². The van der Waals surface area contributed by atoms with Gasteiger partial charge in [-0.25, -0.2) is 15.0 Å². The van der Waals surface area contributed by atoms with E-state index in [0.717, 1.165) is 0 Å². The second-order valence-electron chi connectivity index (χ2n) is 3.48. The molecule has 19 heavy (non-hydrogen) atoms. The molecule has 0 aliphatic rings. The van der Waals surface area contributed by atoms with Gasteiger partial charge in [0.2, 0.25) is 5.91 Å². The van der Waals surface area contributed by atoms with Gasteiger partial charge in [0.1, 0.15) is 11.6 Å². The van der Waals surface area contributed by atoms with E-state index in [1.54, 1.807) is 11.6 Å². The zero-order valence-corrected chi connectivity index (χ0v) is 11.5. The smallest absolute Gasteiger partial charge is 0.226 e. The predicted octanol–water partition coefficient (Wildman–Crippen LogP) is 1.22. The normalized spacial score (nSPS) is 10.3. The number of nitrogens with zero attached hydrogens (tertiary/aromatic N) is 3. The van der Waals surface area contributed by atoms with E-state index in [4.69, 9.17) is 11.5 Å². The molecule has 0 aliphatic heterocycles. The zero-order valence-electron chi connectivity index (χ0n) is 9.87. The summed E-state index contributed by atoms with van der Waals surface area (Å²) in [5, 5.41) is 5.56. The molecule has 2 heterocycles. The Morgan fingerprint density at radius 3 is 2.74 bits per heavy atom. The number of thioether (sulfide) groups is 1. The Hall–Kier alpha value is -1.87. The van der Waals surface area contributed by atoms with Crippen molar-refractivity contribution in [2.75, 3.05) is 22.5 Å². The molecular weight excluding hydrogens is 284 g/mol. The lowest BCUT2D eigenvalue weighted by molar-refractivity contribution is -0.115. The van der Waals surface area contributed by atoms with Crippen LogP contribution in [0.3, 0.4) is 0 Å². The fourth-order valence-corrected chi connectivity index (χ4v) is 2.58. The largest absolute Gasteiger partial charge is 0.383 e. The summed E-state index contributed by atoms with van der Waals surface area (Å²) in [4.78, 5) is 23.6. The quantitative estimate of drug-likeness (QED) is 0.560. The molecule has 2 aromatic heterocycles. The molecule has 2 aromatic rings. The highest BCUT2D eigenvalue weighted by Crippen LogP contribution is 2.17. The van der Waals surface area contributed by atoms with Gasteiger partial charge in [0, 0.05) is 29.8 Å². The van der Waals surface area contributed by atoms with E-state index in [0.29, 0.717) is 34.1 Å². The lowest BCUT2D eigenvalue weighted by atomic mass is 10.5. The first-order valence-corrected chi connectivity index (χ1v) is 7.22. The highest BCUT2D eigenvalue weighted by Gasteiger charge is 2.06. The lowest BCUT2D eigenvalue weighted by Gasteiger charge is -2.03. The molecule has 5 N–H and O–H groups in total. The van der Waals surface area contributed by atoms with Gasteiger partial charge in [-0.15, -0.1) is 11.3 Å². The van der Waals surface area contributed by atoms with E-state index in [2.05, 4.69) is 20.3 Å². The number of nitrogens with one attached hydrogen (secondary N) is 1. The van der Waals surface area contributed by atoms with Crippen LogP contribution >= 0.6 is 23.1 Å². The standard InChI is InChI=1S/C10H12N6OS2/c11-6-5-7(12)15-10(14-6)18-3-1-8(17)16-9-13-2-4-19-9/h2,4-5H,1,3H2,(H,13,16,17)(H4,11,12,14,15). The van der Waals surface area contributed by atoms with Crippen LogP contribution in [0.15, 0.2) is 22.8 Å². The maximum atomic E-state index is 11.6. The Morgan fingerprint density at radius 1 is 1.37 bits per heavy atom. The van der Waals surface area contributed by atoms with Crippen molar-refractivity contribution in [1.29, 1.82) is 0 Å². The first-order valence-electron chi connectivity index (χ1n) is 5.35. The minimum atomic E-state index is -0.0978. The van der Waals surface area contributed by atoms with Crippen LogP contribution in [0, 0.1) is 0 Å². The zero-order chi connectivity index (χ0) is 13.7. The summed E-state index contributed by atoms with van der Waals surface area (Å²) >= 11 is 2.71. The number of rotatable bonds is 5. The van der Waals surface area contributed by atoms with Crippen molar-refractivity contribution >= 4 is 45.8 Å². The highest BCUT2D eigenvalue weighted by atomic mass is 32.2. The van der Waals surface area contributed by atoms with E-state index >= 15 is 0 Å². The molecule has 0 bridgehead atoms. The Balaban J connectivity index is 1.78. The minimum absolute atomic E-state index is 0.0978. The second-order valence-corrected chi connectivity index (χ2v) is 5.44. The second kappa shape index (κ2) is 6.34. The van der Waals surface area contributed by atoms with E-state index in [-0.39, 0.29) is 5.91 Å². The van der Waals surface area contributed by atoms with Gasteiger partial charge in [-0.05, 0) is 0 Å². The maximum Gasteiger partial charge on any atom is 0.226 e. The van der Waals surface area contributed by atoms with Crippen molar-refractivity contribution in [3.63, 3.8) is 0 Å². The molecule has 0 radical (unpaired) electrons. The van der Waals surface area contributed by atoms with Crippen molar-refractivity contribution in [2.24, 2.45) is 0 Å². The van der Waals surface area contributed by atoms with Gasteiger partial charge in [0.15, 0.2) is 10.3 Å². The number of carbonyl (C=O) groups is 1. The molecule has 100 valence electrons. The van der Waals surface area contributed by atoms with Crippen molar-refractivity contribution in [1.82, 2.24) is 15.0 Å². The SMILES string of the molecule is Nc1cc(N)nc(SCCC(=O)Nc2nccs2)n1. The molecule has 0 saturated carbocycles. The Morgan fingerprint density at radius 2 is 2.11 bits per heavy atom. The van der Waals surface area contributed by atoms with Gasteiger partial charge in [0.05, 0.1) is 0 Å². The molecule has 0 atom stereocenters. The molecule has 0 saturated heterocycles. The molecule has 0 unspecified atom stereocenters. The third kappa shape index (κ3) is 4.38.